The van der Waals surface area contributed by atoms with Crippen LogP contribution in [0.1, 0.15) is 11.4 Å². The monoisotopic (exact) mass is 373 g/mol. The van der Waals surface area contributed by atoms with Gasteiger partial charge >= 0.3 is 0 Å². The number of hydrogen-bond acceptors (Lipinski definition) is 6. The van der Waals surface area contributed by atoms with E-state index in [1.54, 1.807) is 18.5 Å². The van der Waals surface area contributed by atoms with Gasteiger partial charge in [-0.25, -0.2) is 19.9 Å². The maximum absolute atomic E-state index is 6.39. The van der Waals surface area contributed by atoms with Gasteiger partial charge in [-0.2, -0.15) is 0 Å². The zero-order valence-corrected chi connectivity index (χ0v) is 14.4. The highest BCUT2D eigenvalue weighted by molar-refractivity contribution is 7.99. The molecule has 0 aliphatic carbocycles. The molecule has 0 aliphatic rings. The predicted molar refractivity (Wildman–Crippen MR) is 95.0 cm³/mol. The molecule has 118 valence electrons. The van der Waals surface area contributed by atoms with Crippen LogP contribution in [0.15, 0.2) is 52.8 Å². The first kappa shape index (κ1) is 16.5. The fraction of sp³-hybridized carbons (Fsp3) is 0. The van der Waals surface area contributed by atoms with Crippen LogP contribution < -0.4 is 5.73 Å². The summed E-state index contributed by atoms with van der Waals surface area (Å²) in [6.07, 6.45) is 4.72. The number of nitrogens with zero attached hydrogens (tertiary/aromatic N) is 4. The number of hydrogen-bond donors (Lipinski definition) is 1. The van der Waals surface area contributed by atoms with Crippen molar-refractivity contribution in [1.82, 2.24) is 19.9 Å². The molecule has 3 aromatic rings. The quantitative estimate of drug-likeness (QED) is 0.689. The number of aromatic nitrogens is 4. The fourth-order valence-electron chi connectivity index (χ4n) is 1.70. The standard InChI is InChI=1S/C16H9Cl2N5S/c17-13-9-22-16(15(19)23-13)24-12-6-8-21-11(14(12)18)5-4-10-3-1-2-7-20-10/h1-3,6-9H,(H2,19,23). The first-order valence-corrected chi connectivity index (χ1v) is 8.24. The molecule has 0 unspecified atom stereocenters. The smallest absolute Gasteiger partial charge is 0.158 e. The summed E-state index contributed by atoms with van der Waals surface area (Å²) in [5, 5.41) is 1.16. The molecular weight excluding hydrogens is 365 g/mol. The average Bonchev–Trinajstić information content (AvgIpc) is 2.59. The SMILES string of the molecule is Nc1nc(Cl)cnc1Sc1ccnc(C#Cc2ccccn2)c1Cl. The van der Waals surface area contributed by atoms with Crippen molar-refractivity contribution in [2.75, 3.05) is 5.73 Å². The molecule has 2 N–H and O–H groups in total. The van der Waals surface area contributed by atoms with Gasteiger partial charge in [0, 0.05) is 17.3 Å². The molecule has 0 aliphatic heterocycles. The lowest BCUT2D eigenvalue weighted by Crippen LogP contribution is -1.96. The molecule has 8 heteroatoms. The Bertz CT molecular complexity index is 938. The summed E-state index contributed by atoms with van der Waals surface area (Å²) in [6.45, 7) is 0. The molecule has 0 saturated carbocycles. The van der Waals surface area contributed by atoms with Gasteiger partial charge in [-0.1, -0.05) is 41.0 Å². The number of nitrogen functional groups attached to an aromatic ring is 1. The Morgan fingerprint density at radius 2 is 1.88 bits per heavy atom. The summed E-state index contributed by atoms with van der Waals surface area (Å²) >= 11 is 13.4. The summed E-state index contributed by atoms with van der Waals surface area (Å²) in [6, 6.07) is 7.25. The Morgan fingerprint density at radius 3 is 2.62 bits per heavy atom. The lowest BCUT2D eigenvalue weighted by Gasteiger charge is -2.06. The molecular formula is C16H9Cl2N5S. The van der Waals surface area contributed by atoms with E-state index in [4.69, 9.17) is 28.9 Å². The van der Waals surface area contributed by atoms with Crippen molar-refractivity contribution in [2.24, 2.45) is 0 Å². The maximum Gasteiger partial charge on any atom is 0.158 e. The number of pyridine rings is 2. The number of rotatable bonds is 2. The minimum Gasteiger partial charge on any atom is -0.381 e. The van der Waals surface area contributed by atoms with Crippen LogP contribution in [0, 0.1) is 11.8 Å². The Morgan fingerprint density at radius 1 is 1.00 bits per heavy atom. The topological polar surface area (TPSA) is 77.6 Å². The Hall–Kier alpha value is -2.33. The summed E-state index contributed by atoms with van der Waals surface area (Å²) < 4.78 is 0. The first-order valence-electron chi connectivity index (χ1n) is 6.67. The molecule has 0 amide bonds. The highest BCUT2D eigenvalue weighted by atomic mass is 35.5. The Balaban J connectivity index is 1.90. The first-order chi connectivity index (χ1) is 11.6. The van der Waals surface area contributed by atoms with Crippen molar-refractivity contribution in [1.29, 1.82) is 0 Å². The molecule has 0 aromatic carbocycles. The van der Waals surface area contributed by atoms with Crippen LogP contribution in [0.5, 0.6) is 0 Å². The van der Waals surface area contributed by atoms with Crippen LogP contribution >= 0.6 is 35.0 Å². The molecule has 3 aromatic heterocycles. The Kier molecular flexibility index (Phi) is 5.16. The maximum atomic E-state index is 6.39. The highest BCUT2D eigenvalue weighted by Gasteiger charge is 2.11. The number of halogens is 2. The summed E-state index contributed by atoms with van der Waals surface area (Å²) in [4.78, 5) is 17.2. The molecule has 3 heterocycles. The van der Waals surface area contributed by atoms with Crippen LogP contribution in [0.25, 0.3) is 0 Å². The second-order valence-corrected chi connectivity index (χ2v) is 6.22. The van der Waals surface area contributed by atoms with Crippen LogP contribution in [-0.2, 0) is 0 Å². The van der Waals surface area contributed by atoms with Gasteiger partial charge in [-0.05, 0) is 30.0 Å². The van der Waals surface area contributed by atoms with Gasteiger partial charge in [-0.3, -0.25) is 0 Å². The van der Waals surface area contributed by atoms with Crippen molar-refractivity contribution in [3.63, 3.8) is 0 Å². The zero-order valence-electron chi connectivity index (χ0n) is 12.1. The van der Waals surface area contributed by atoms with E-state index in [2.05, 4.69) is 31.8 Å². The average molecular weight is 374 g/mol. The van der Waals surface area contributed by atoms with Gasteiger partial charge in [0.25, 0.3) is 0 Å². The van der Waals surface area contributed by atoms with Gasteiger partial charge in [-0.15, -0.1) is 0 Å². The molecule has 0 spiro atoms. The third kappa shape index (κ3) is 3.95. The van der Waals surface area contributed by atoms with Crippen molar-refractivity contribution in [3.8, 4) is 11.8 Å². The van der Waals surface area contributed by atoms with Crippen molar-refractivity contribution < 1.29 is 0 Å². The predicted octanol–water partition coefficient (Wildman–Crippen LogP) is 3.71. The van der Waals surface area contributed by atoms with E-state index in [0.29, 0.717) is 21.4 Å². The van der Waals surface area contributed by atoms with E-state index in [-0.39, 0.29) is 11.0 Å². The summed E-state index contributed by atoms with van der Waals surface area (Å²) in [5.74, 6) is 6.08. The van der Waals surface area contributed by atoms with Gasteiger partial charge in [0.2, 0.25) is 0 Å². The third-order valence-corrected chi connectivity index (χ3v) is 4.51. The van der Waals surface area contributed by atoms with Crippen LogP contribution in [0.3, 0.4) is 0 Å². The molecule has 3 rings (SSSR count). The molecule has 0 fully saturated rings. The minimum atomic E-state index is 0.236. The number of nitrogens with two attached hydrogens (primary N) is 1. The van der Waals surface area contributed by atoms with Gasteiger partial charge in [0.1, 0.15) is 21.6 Å². The molecule has 0 atom stereocenters. The molecule has 0 saturated heterocycles. The van der Waals surface area contributed by atoms with E-state index in [0.717, 1.165) is 4.90 Å². The second kappa shape index (κ2) is 7.49. The van der Waals surface area contributed by atoms with Crippen molar-refractivity contribution in [3.05, 3.63) is 64.4 Å². The van der Waals surface area contributed by atoms with Crippen molar-refractivity contribution in [2.45, 2.75) is 9.92 Å². The van der Waals surface area contributed by atoms with E-state index >= 15 is 0 Å². The minimum absolute atomic E-state index is 0.236. The van der Waals surface area contributed by atoms with E-state index in [9.17, 15) is 0 Å². The van der Waals surface area contributed by atoms with Crippen LogP contribution in [0.2, 0.25) is 10.2 Å². The third-order valence-electron chi connectivity index (χ3n) is 2.77. The van der Waals surface area contributed by atoms with Gasteiger partial charge in [0.15, 0.2) is 5.82 Å². The Labute approximate surface area is 152 Å². The summed E-state index contributed by atoms with van der Waals surface area (Å²) in [5.41, 5.74) is 6.91. The highest BCUT2D eigenvalue weighted by Crippen LogP contribution is 2.35. The zero-order chi connectivity index (χ0) is 16.9. The largest absolute Gasteiger partial charge is 0.381 e. The van der Waals surface area contributed by atoms with Gasteiger partial charge in [0.05, 0.1) is 11.2 Å². The van der Waals surface area contributed by atoms with E-state index in [1.165, 1.54) is 18.0 Å². The molecule has 0 bridgehead atoms. The lowest BCUT2D eigenvalue weighted by molar-refractivity contribution is 1.07. The van der Waals surface area contributed by atoms with E-state index in [1.807, 2.05) is 18.2 Å². The van der Waals surface area contributed by atoms with Gasteiger partial charge < -0.3 is 5.73 Å². The molecule has 24 heavy (non-hydrogen) atoms. The second-order valence-electron chi connectivity index (χ2n) is 4.42. The lowest BCUT2D eigenvalue weighted by atomic mass is 10.3. The van der Waals surface area contributed by atoms with Crippen LogP contribution in [-0.4, -0.2) is 19.9 Å². The van der Waals surface area contributed by atoms with E-state index < -0.39 is 0 Å². The van der Waals surface area contributed by atoms with Crippen LogP contribution in [0.4, 0.5) is 5.82 Å². The summed E-state index contributed by atoms with van der Waals surface area (Å²) in [7, 11) is 0. The normalized spacial score (nSPS) is 10.1. The molecule has 5 nitrogen and oxygen atoms in total. The number of anilines is 1. The molecule has 0 radical (unpaired) electrons. The van der Waals surface area contributed by atoms with Crippen molar-refractivity contribution >= 4 is 40.8 Å². The fourth-order valence-corrected chi connectivity index (χ4v) is 2.90.